The number of hydrogen-bond acceptors (Lipinski definition) is 3. The standard InChI is InChI=1S/C29H35NO2/c1-3-30(28-14-8-11-24-9-5-7-13-27(24)28)26-12-6-4-10-25(21-26)23-18-15-22(16-19-23)17-20-29(31)32-2/h5,7-9,11,13-16,18-19,25-26H,3-4,6,10,12,17,20-21H2,1-2H3. The van der Waals surface area contributed by atoms with E-state index < -0.39 is 0 Å². The molecule has 0 aromatic heterocycles. The number of hydrogen-bond donors (Lipinski definition) is 0. The first-order valence-electron chi connectivity index (χ1n) is 12.1. The van der Waals surface area contributed by atoms with Crippen molar-refractivity contribution in [2.45, 2.75) is 63.8 Å². The topological polar surface area (TPSA) is 29.5 Å². The van der Waals surface area contributed by atoms with E-state index in [9.17, 15) is 4.79 Å². The lowest BCUT2D eigenvalue weighted by Gasteiger charge is -2.35. The van der Waals surface area contributed by atoms with Gasteiger partial charge in [-0.05, 0) is 61.1 Å². The van der Waals surface area contributed by atoms with E-state index in [2.05, 4.69) is 78.6 Å². The van der Waals surface area contributed by atoms with Crippen molar-refractivity contribution in [3.8, 4) is 0 Å². The molecule has 1 fully saturated rings. The van der Waals surface area contributed by atoms with Crippen LogP contribution in [0.1, 0.15) is 62.5 Å². The van der Waals surface area contributed by atoms with Gasteiger partial charge in [-0.3, -0.25) is 4.79 Å². The molecule has 3 heteroatoms. The van der Waals surface area contributed by atoms with Gasteiger partial charge in [0.2, 0.25) is 0 Å². The summed E-state index contributed by atoms with van der Waals surface area (Å²) in [5, 5.41) is 2.67. The molecule has 0 saturated heterocycles. The zero-order valence-electron chi connectivity index (χ0n) is 19.4. The molecule has 2 atom stereocenters. The van der Waals surface area contributed by atoms with Crippen LogP contribution in [0, 0.1) is 0 Å². The molecule has 3 aromatic rings. The summed E-state index contributed by atoms with van der Waals surface area (Å²) in [6, 6.07) is 25.0. The first-order valence-corrected chi connectivity index (χ1v) is 12.1. The molecule has 0 radical (unpaired) electrons. The summed E-state index contributed by atoms with van der Waals surface area (Å²) in [6.07, 6.45) is 7.47. The Kier molecular flexibility index (Phi) is 7.47. The van der Waals surface area contributed by atoms with Crippen molar-refractivity contribution < 1.29 is 9.53 Å². The van der Waals surface area contributed by atoms with E-state index in [1.165, 1.54) is 66.8 Å². The minimum Gasteiger partial charge on any atom is -0.469 e. The number of methoxy groups -OCH3 is 1. The van der Waals surface area contributed by atoms with Gasteiger partial charge < -0.3 is 9.64 Å². The highest BCUT2D eigenvalue weighted by Crippen LogP contribution is 2.37. The minimum absolute atomic E-state index is 0.145. The van der Waals surface area contributed by atoms with Crippen LogP contribution in [0.25, 0.3) is 10.8 Å². The van der Waals surface area contributed by atoms with Crippen molar-refractivity contribution in [2.75, 3.05) is 18.6 Å². The lowest BCUT2D eigenvalue weighted by atomic mass is 9.89. The summed E-state index contributed by atoms with van der Waals surface area (Å²) in [5.41, 5.74) is 4.01. The van der Waals surface area contributed by atoms with E-state index >= 15 is 0 Å². The van der Waals surface area contributed by atoms with Crippen LogP contribution in [0.2, 0.25) is 0 Å². The van der Waals surface area contributed by atoms with E-state index in [-0.39, 0.29) is 5.97 Å². The van der Waals surface area contributed by atoms with Gasteiger partial charge in [-0.15, -0.1) is 0 Å². The normalized spacial score (nSPS) is 18.8. The molecule has 4 rings (SSSR count). The molecule has 168 valence electrons. The second kappa shape index (κ2) is 10.7. The number of rotatable bonds is 7. The summed E-state index contributed by atoms with van der Waals surface area (Å²) < 4.78 is 4.77. The lowest BCUT2D eigenvalue weighted by Crippen LogP contribution is -2.36. The number of aryl methyl sites for hydroxylation is 1. The molecule has 3 nitrogen and oxygen atoms in total. The number of ether oxygens (including phenoxy) is 1. The van der Waals surface area contributed by atoms with E-state index in [0.717, 1.165) is 13.0 Å². The number of anilines is 1. The zero-order chi connectivity index (χ0) is 22.3. The Bertz CT molecular complexity index is 1020. The summed E-state index contributed by atoms with van der Waals surface area (Å²) in [7, 11) is 1.45. The van der Waals surface area contributed by atoms with E-state index in [0.29, 0.717) is 18.4 Å². The minimum atomic E-state index is -0.145. The molecule has 0 spiro atoms. The maximum atomic E-state index is 11.4. The second-order valence-corrected chi connectivity index (χ2v) is 8.97. The van der Waals surface area contributed by atoms with E-state index in [1.807, 2.05) is 0 Å². The molecule has 0 amide bonds. The Hall–Kier alpha value is -2.81. The van der Waals surface area contributed by atoms with Crippen molar-refractivity contribution in [1.29, 1.82) is 0 Å². The molecule has 0 aliphatic heterocycles. The Balaban J connectivity index is 1.52. The molecule has 1 aliphatic carbocycles. The van der Waals surface area contributed by atoms with Crippen LogP contribution in [0.3, 0.4) is 0 Å². The Labute approximate surface area is 192 Å². The highest BCUT2D eigenvalue weighted by molar-refractivity contribution is 5.94. The quantitative estimate of drug-likeness (QED) is 0.302. The van der Waals surface area contributed by atoms with Gasteiger partial charge in [0.1, 0.15) is 0 Å². The number of fused-ring (bicyclic) bond motifs is 1. The smallest absolute Gasteiger partial charge is 0.305 e. The van der Waals surface area contributed by atoms with Gasteiger partial charge >= 0.3 is 5.97 Å². The van der Waals surface area contributed by atoms with Gasteiger partial charge in [-0.25, -0.2) is 0 Å². The van der Waals surface area contributed by atoms with Crippen LogP contribution in [0.15, 0.2) is 66.7 Å². The third-order valence-electron chi connectivity index (χ3n) is 7.05. The largest absolute Gasteiger partial charge is 0.469 e. The average molecular weight is 430 g/mol. The van der Waals surface area contributed by atoms with Crippen LogP contribution < -0.4 is 4.90 Å². The maximum absolute atomic E-state index is 11.4. The number of benzene rings is 3. The number of nitrogens with zero attached hydrogens (tertiary/aromatic N) is 1. The fourth-order valence-electron chi connectivity index (χ4n) is 5.31. The van der Waals surface area contributed by atoms with Crippen LogP contribution in [0.4, 0.5) is 5.69 Å². The molecular weight excluding hydrogens is 394 g/mol. The highest BCUT2D eigenvalue weighted by atomic mass is 16.5. The van der Waals surface area contributed by atoms with Crippen molar-refractivity contribution in [3.63, 3.8) is 0 Å². The van der Waals surface area contributed by atoms with Gasteiger partial charge in [0.15, 0.2) is 0 Å². The molecule has 0 N–H and O–H groups in total. The summed E-state index contributed by atoms with van der Waals surface area (Å²) in [5.74, 6) is 0.440. The predicted molar refractivity (Wildman–Crippen MR) is 133 cm³/mol. The van der Waals surface area contributed by atoms with Crippen LogP contribution >= 0.6 is 0 Å². The molecule has 2 unspecified atom stereocenters. The molecular formula is C29H35NO2. The lowest BCUT2D eigenvalue weighted by molar-refractivity contribution is -0.140. The maximum Gasteiger partial charge on any atom is 0.305 e. The monoisotopic (exact) mass is 429 g/mol. The van der Waals surface area contributed by atoms with Gasteiger partial charge in [-0.1, -0.05) is 73.5 Å². The Morgan fingerprint density at radius 3 is 2.50 bits per heavy atom. The fourth-order valence-corrected chi connectivity index (χ4v) is 5.31. The zero-order valence-corrected chi connectivity index (χ0v) is 19.4. The van der Waals surface area contributed by atoms with Gasteiger partial charge in [0, 0.05) is 30.1 Å². The van der Waals surface area contributed by atoms with Crippen molar-refractivity contribution >= 4 is 22.4 Å². The molecule has 1 saturated carbocycles. The molecule has 0 heterocycles. The summed E-state index contributed by atoms with van der Waals surface area (Å²) >= 11 is 0. The molecule has 32 heavy (non-hydrogen) atoms. The molecule has 3 aromatic carbocycles. The van der Waals surface area contributed by atoms with Crippen LogP contribution in [-0.4, -0.2) is 25.7 Å². The first-order chi connectivity index (χ1) is 15.7. The first kappa shape index (κ1) is 22.4. The molecule has 1 aliphatic rings. The second-order valence-electron chi connectivity index (χ2n) is 8.97. The Morgan fingerprint density at radius 1 is 0.969 bits per heavy atom. The van der Waals surface area contributed by atoms with Crippen molar-refractivity contribution in [1.82, 2.24) is 0 Å². The van der Waals surface area contributed by atoms with Crippen molar-refractivity contribution in [3.05, 3.63) is 77.9 Å². The summed E-state index contributed by atoms with van der Waals surface area (Å²) in [6.45, 7) is 3.32. The van der Waals surface area contributed by atoms with E-state index in [4.69, 9.17) is 4.74 Å². The van der Waals surface area contributed by atoms with Gasteiger partial charge in [0.25, 0.3) is 0 Å². The van der Waals surface area contributed by atoms with E-state index in [1.54, 1.807) is 0 Å². The third-order valence-corrected chi connectivity index (χ3v) is 7.05. The number of carbonyl (C=O) groups excluding carboxylic acids is 1. The third kappa shape index (κ3) is 5.15. The highest BCUT2D eigenvalue weighted by Gasteiger charge is 2.26. The fraction of sp³-hybridized carbons (Fsp3) is 0.414. The van der Waals surface area contributed by atoms with Crippen LogP contribution in [0.5, 0.6) is 0 Å². The summed E-state index contributed by atoms with van der Waals surface area (Å²) in [4.78, 5) is 14.1. The number of esters is 1. The van der Waals surface area contributed by atoms with Gasteiger partial charge in [0.05, 0.1) is 7.11 Å². The predicted octanol–water partition coefficient (Wildman–Crippen LogP) is 6.89. The average Bonchev–Trinajstić information content (AvgIpc) is 3.10. The SMILES string of the molecule is CCN(c1cccc2ccccc12)C1CCCCC(c2ccc(CCC(=O)OC)cc2)C1. The Morgan fingerprint density at radius 2 is 1.72 bits per heavy atom. The van der Waals surface area contributed by atoms with Crippen molar-refractivity contribution in [2.24, 2.45) is 0 Å². The number of carbonyl (C=O) groups is 1. The molecule has 0 bridgehead atoms. The van der Waals surface area contributed by atoms with Gasteiger partial charge in [-0.2, -0.15) is 0 Å². The van der Waals surface area contributed by atoms with Crippen LogP contribution in [-0.2, 0) is 16.0 Å².